The Labute approximate surface area is 92.8 Å². The molecule has 1 aliphatic rings. The fourth-order valence-electron chi connectivity index (χ4n) is 1.95. The summed E-state index contributed by atoms with van der Waals surface area (Å²) >= 11 is 5.75. The fourth-order valence-corrected chi connectivity index (χ4v) is 2.08. The van der Waals surface area contributed by atoms with Gasteiger partial charge >= 0.3 is 0 Å². The normalized spacial score (nSPS) is 29.6. The van der Waals surface area contributed by atoms with Gasteiger partial charge in [-0.25, -0.2) is 0 Å². The average Bonchev–Trinajstić information content (AvgIpc) is 2.13. The maximum atomic E-state index is 10.8. The molecule has 0 bridgehead atoms. The molecular formula is C11H12ClNO2. The molecule has 3 N–H and O–H groups in total. The van der Waals surface area contributed by atoms with Crippen molar-refractivity contribution in [1.82, 2.24) is 0 Å². The lowest BCUT2D eigenvalue weighted by atomic mass is 9.67. The predicted molar refractivity (Wildman–Crippen MR) is 57.3 cm³/mol. The fraction of sp³-hybridized carbons (Fsp3) is 0.364. The standard InChI is InChI=1S/C11H12ClNO2/c12-9-3-1-8(2-4-9)11(15)5-7(6-11)10(13)14/h1-4,7,15H,5-6H2,(H2,13,14). The average molecular weight is 226 g/mol. The Balaban J connectivity index is 2.13. The summed E-state index contributed by atoms with van der Waals surface area (Å²) in [7, 11) is 0. The Morgan fingerprint density at radius 3 is 2.40 bits per heavy atom. The van der Waals surface area contributed by atoms with E-state index in [9.17, 15) is 9.90 Å². The second-order valence-electron chi connectivity index (χ2n) is 4.05. The Kier molecular flexibility index (Phi) is 2.44. The molecule has 0 atom stereocenters. The molecule has 0 heterocycles. The van der Waals surface area contributed by atoms with E-state index in [2.05, 4.69) is 0 Å². The minimum Gasteiger partial charge on any atom is -0.385 e. The van der Waals surface area contributed by atoms with Gasteiger partial charge in [-0.2, -0.15) is 0 Å². The van der Waals surface area contributed by atoms with Gasteiger partial charge in [0.25, 0.3) is 0 Å². The summed E-state index contributed by atoms with van der Waals surface area (Å²) in [4.78, 5) is 10.8. The molecule has 1 fully saturated rings. The molecular weight excluding hydrogens is 214 g/mol. The zero-order chi connectivity index (χ0) is 11.1. The molecule has 0 aromatic heterocycles. The van der Waals surface area contributed by atoms with Crippen LogP contribution >= 0.6 is 11.6 Å². The van der Waals surface area contributed by atoms with Crippen molar-refractivity contribution in [3.05, 3.63) is 34.9 Å². The molecule has 15 heavy (non-hydrogen) atoms. The first-order valence-corrected chi connectivity index (χ1v) is 5.17. The minimum atomic E-state index is -0.899. The molecule has 80 valence electrons. The van der Waals surface area contributed by atoms with Crippen molar-refractivity contribution in [3.63, 3.8) is 0 Å². The lowest BCUT2D eigenvalue weighted by molar-refractivity contribution is -0.139. The number of benzene rings is 1. The van der Waals surface area contributed by atoms with E-state index in [4.69, 9.17) is 17.3 Å². The maximum absolute atomic E-state index is 10.8. The first-order valence-electron chi connectivity index (χ1n) is 4.79. The summed E-state index contributed by atoms with van der Waals surface area (Å²) in [6.07, 6.45) is 0.813. The van der Waals surface area contributed by atoms with Gasteiger partial charge in [0.05, 0.1) is 5.60 Å². The molecule has 0 spiro atoms. The quantitative estimate of drug-likeness (QED) is 0.800. The van der Waals surface area contributed by atoms with Crippen molar-refractivity contribution in [2.45, 2.75) is 18.4 Å². The molecule has 0 unspecified atom stereocenters. The van der Waals surface area contributed by atoms with Gasteiger partial charge in [-0.15, -0.1) is 0 Å². The van der Waals surface area contributed by atoms with Crippen molar-refractivity contribution in [2.24, 2.45) is 11.7 Å². The van der Waals surface area contributed by atoms with Crippen LogP contribution in [-0.2, 0) is 10.4 Å². The highest BCUT2D eigenvalue weighted by Gasteiger charge is 2.46. The van der Waals surface area contributed by atoms with Crippen LogP contribution in [0.3, 0.4) is 0 Å². The summed E-state index contributed by atoms with van der Waals surface area (Å²) in [5.41, 5.74) is 5.05. The number of hydrogen-bond acceptors (Lipinski definition) is 2. The van der Waals surface area contributed by atoms with Crippen LogP contribution in [0.15, 0.2) is 24.3 Å². The highest BCUT2D eigenvalue weighted by atomic mass is 35.5. The number of carbonyl (C=O) groups excluding carboxylic acids is 1. The predicted octanol–water partition coefficient (Wildman–Crippen LogP) is 1.42. The van der Waals surface area contributed by atoms with Crippen molar-refractivity contribution in [2.75, 3.05) is 0 Å². The number of carbonyl (C=O) groups is 1. The largest absolute Gasteiger partial charge is 0.385 e. The number of amides is 1. The number of hydrogen-bond donors (Lipinski definition) is 2. The zero-order valence-corrected chi connectivity index (χ0v) is 8.87. The molecule has 0 aliphatic heterocycles. The van der Waals surface area contributed by atoms with Gasteiger partial charge in [-0.3, -0.25) is 4.79 Å². The number of primary amides is 1. The van der Waals surface area contributed by atoms with Gasteiger partial charge < -0.3 is 10.8 Å². The molecule has 1 saturated carbocycles. The van der Waals surface area contributed by atoms with Crippen LogP contribution in [0.5, 0.6) is 0 Å². The van der Waals surface area contributed by atoms with Crippen LogP contribution in [0.4, 0.5) is 0 Å². The van der Waals surface area contributed by atoms with Crippen LogP contribution in [0.2, 0.25) is 5.02 Å². The van der Waals surface area contributed by atoms with Crippen LogP contribution < -0.4 is 5.73 Å². The Morgan fingerprint density at radius 2 is 1.93 bits per heavy atom. The van der Waals surface area contributed by atoms with E-state index in [1.807, 2.05) is 0 Å². The van der Waals surface area contributed by atoms with Gasteiger partial charge in [0.2, 0.25) is 5.91 Å². The Bertz CT molecular complexity index is 382. The Morgan fingerprint density at radius 1 is 1.40 bits per heavy atom. The van der Waals surface area contributed by atoms with E-state index >= 15 is 0 Å². The molecule has 1 aromatic rings. The Hall–Kier alpha value is -1.06. The van der Waals surface area contributed by atoms with E-state index in [1.54, 1.807) is 24.3 Å². The van der Waals surface area contributed by atoms with Crippen molar-refractivity contribution < 1.29 is 9.90 Å². The van der Waals surface area contributed by atoms with Crippen molar-refractivity contribution >= 4 is 17.5 Å². The van der Waals surface area contributed by atoms with Gasteiger partial charge in [-0.05, 0) is 30.5 Å². The molecule has 2 rings (SSSR count). The van der Waals surface area contributed by atoms with Crippen molar-refractivity contribution in [1.29, 1.82) is 0 Å². The highest BCUT2D eigenvalue weighted by molar-refractivity contribution is 6.30. The van der Waals surface area contributed by atoms with E-state index in [0.29, 0.717) is 17.9 Å². The second-order valence-corrected chi connectivity index (χ2v) is 4.48. The molecule has 0 saturated heterocycles. The number of aliphatic hydroxyl groups is 1. The topological polar surface area (TPSA) is 63.3 Å². The first kappa shape index (κ1) is 10.5. The molecule has 0 radical (unpaired) electrons. The number of halogens is 1. The first-order chi connectivity index (χ1) is 7.01. The van der Waals surface area contributed by atoms with Crippen LogP contribution in [0, 0.1) is 5.92 Å². The smallest absolute Gasteiger partial charge is 0.220 e. The molecule has 3 nitrogen and oxygen atoms in total. The minimum absolute atomic E-state index is 0.203. The van der Waals surface area contributed by atoms with Crippen LogP contribution in [0.25, 0.3) is 0 Å². The highest BCUT2D eigenvalue weighted by Crippen LogP contribution is 2.45. The van der Waals surface area contributed by atoms with Crippen LogP contribution in [0.1, 0.15) is 18.4 Å². The van der Waals surface area contributed by atoms with E-state index in [1.165, 1.54) is 0 Å². The summed E-state index contributed by atoms with van der Waals surface area (Å²) in [5.74, 6) is -0.542. The molecule has 4 heteroatoms. The number of rotatable bonds is 2. The van der Waals surface area contributed by atoms with Gasteiger partial charge in [-0.1, -0.05) is 23.7 Å². The number of nitrogens with two attached hydrogens (primary N) is 1. The van der Waals surface area contributed by atoms with Gasteiger partial charge in [0.1, 0.15) is 0 Å². The van der Waals surface area contributed by atoms with Gasteiger partial charge in [0, 0.05) is 10.9 Å². The lowest BCUT2D eigenvalue weighted by Crippen LogP contribution is -2.46. The van der Waals surface area contributed by atoms with E-state index in [-0.39, 0.29) is 11.8 Å². The molecule has 1 aromatic carbocycles. The third kappa shape index (κ3) is 1.85. The van der Waals surface area contributed by atoms with Crippen molar-refractivity contribution in [3.8, 4) is 0 Å². The molecule has 1 aliphatic carbocycles. The summed E-state index contributed by atoms with van der Waals surface area (Å²) in [6, 6.07) is 7.01. The van der Waals surface area contributed by atoms with E-state index in [0.717, 1.165) is 5.56 Å². The molecule has 1 amide bonds. The lowest BCUT2D eigenvalue weighted by Gasteiger charge is -2.42. The van der Waals surface area contributed by atoms with Crippen LogP contribution in [-0.4, -0.2) is 11.0 Å². The van der Waals surface area contributed by atoms with Gasteiger partial charge in [0.15, 0.2) is 0 Å². The maximum Gasteiger partial charge on any atom is 0.220 e. The zero-order valence-electron chi connectivity index (χ0n) is 8.11. The monoisotopic (exact) mass is 225 g/mol. The van der Waals surface area contributed by atoms with E-state index < -0.39 is 5.60 Å². The third-order valence-electron chi connectivity index (χ3n) is 2.95. The third-order valence-corrected chi connectivity index (χ3v) is 3.20. The SMILES string of the molecule is NC(=O)C1CC(O)(c2ccc(Cl)cc2)C1. The summed E-state index contributed by atoms with van der Waals surface area (Å²) in [5, 5.41) is 10.8. The second kappa shape index (κ2) is 3.51. The summed E-state index contributed by atoms with van der Waals surface area (Å²) < 4.78 is 0. The summed E-state index contributed by atoms with van der Waals surface area (Å²) in [6.45, 7) is 0.